The van der Waals surface area contributed by atoms with E-state index >= 15 is 0 Å². The van der Waals surface area contributed by atoms with Gasteiger partial charge in [-0.3, -0.25) is 4.79 Å². The molecule has 3 nitrogen and oxygen atoms in total. The zero-order valence-electron chi connectivity index (χ0n) is 12.7. The first-order chi connectivity index (χ1) is 10.2. The van der Waals surface area contributed by atoms with Gasteiger partial charge in [-0.25, -0.2) is 0 Å². The lowest BCUT2D eigenvalue weighted by Gasteiger charge is -2.32. The first-order valence-electron chi connectivity index (χ1n) is 8.09. The van der Waals surface area contributed by atoms with Gasteiger partial charge in [0.25, 0.3) is 0 Å². The first-order valence-corrected chi connectivity index (χ1v) is 8.09. The molecule has 0 N–H and O–H groups in total. The van der Waals surface area contributed by atoms with E-state index < -0.39 is 0 Å². The predicted molar refractivity (Wildman–Crippen MR) is 81.2 cm³/mol. The van der Waals surface area contributed by atoms with E-state index in [4.69, 9.17) is 9.47 Å². The highest BCUT2D eigenvalue weighted by Crippen LogP contribution is 2.39. The summed E-state index contributed by atoms with van der Waals surface area (Å²) >= 11 is 0. The van der Waals surface area contributed by atoms with Gasteiger partial charge in [-0.15, -0.1) is 0 Å². The second kappa shape index (κ2) is 6.29. The molecule has 1 saturated carbocycles. The van der Waals surface area contributed by atoms with Gasteiger partial charge in [0.05, 0.1) is 12.7 Å². The van der Waals surface area contributed by atoms with Crippen LogP contribution in [0.15, 0.2) is 30.3 Å². The Morgan fingerprint density at radius 1 is 1.24 bits per heavy atom. The normalized spacial score (nSPS) is 25.9. The zero-order valence-corrected chi connectivity index (χ0v) is 12.7. The van der Waals surface area contributed by atoms with Crippen LogP contribution in [-0.2, 0) is 9.47 Å². The van der Waals surface area contributed by atoms with Crippen LogP contribution < -0.4 is 0 Å². The van der Waals surface area contributed by atoms with Gasteiger partial charge in [-0.2, -0.15) is 0 Å². The van der Waals surface area contributed by atoms with E-state index in [1.54, 1.807) is 0 Å². The molecule has 0 bridgehead atoms. The molecule has 2 atom stereocenters. The molecular formula is C18H24O3. The second-order valence-corrected chi connectivity index (χ2v) is 6.41. The Labute approximate surface area is 126 Å². The maximum atomic E-state index is 12.3. The van der Waals surface area contributed by atoms with Gasteiger partial charge in [-0.05, 0) is 18.8 Å². The van der Waals surface area contributed by atoms with Gasteiger partial charge < -0.3 is 9.47 Å². The summed E-state index contributed by atoms with van der Waals surface area (Å²) in [6, 6.07) is 9.50. The van der Waals surface area contributed by atoms with E-state index in [0.717, 1.165) is 18.4 Å². The molecular weight excluding hydrogens is 264 g/mol. The van der Waals surface area contributed by atoms with Crippen molar-refractivity contribution in [2.45, 2.75) is 57.3 Å². The number of carbonyl (C=O) groups is 1. The number of hydrogen-bond donors (Lipinski definition) is 0. The molecule has 21 heavy (non-hydrogen) atoms. The van der Waals surface area contributed by atoms with Crippen LogP contribution in [0.1, 0.15) is 55.8 Å². The lowest BCUT2D eigenvalue weighted by molar-refractivity contribution is -0.190. The Morgan fingerprint density at radius 3 is 2.67 bits per heavy atom. The minimum Gasteiger partial charge on any atom is -0.347 e. The largest absolute Gasteiger partial charge is 0.347 e. The molecule has 1 aliphatic heterocycles. The summed E-state index contributed by atoms with van der Waals surface area (Å²) in [5.74, 6) is 0.0442. The van der Waals surface area contributed by atoms with Gasteiger partial charge in [0.2, 0.25) is 0 Å². The van der Waals surface area contributed by atoms with E-state index in [0.29, 0.717) is 13.0 Å². The summed E-state index contributed by atoms with van der Waals surface area (Å²) in [4.78, 5) is 12.3. The Hall–Kier alpha value is -1.19. The Morgan fingerprint density at radius 2 is 1.95 bits per heavy atom. The molecule has 1 aromatic carbocycles. The highest BCUT2D eigenvalue weighted by Gasteiger charge is 2.43. The molecule has 1 heterocycles. The Bertz CT molecular complexity index is 476. The standard InChI is InChI=1S/C18H24O3/c1-14(12-16(19)15-8-4-2-5-9-15)17-13-20-18(21-17)10-6-3-7-11-18/h2,4-5,8-9,14,17H,3,6-7,10-13H2,1H3. The SMILES string of the molecule is CC(CC(=O)c1ccccc1)C1COC2(CCCCC2)O1. The summed E-state index contributed by atoms with van der Waals surface area (Å²) in [6.07, 6.45) is 6.23. The van der Waals surface area contributed by atoms with Crippen molar-refractivity contribution in [3.8, 4) is 0 Å². The molecule has 1 aliphatic carbocycles. The number of ether oxygens (including phenoxy) is 2. The predicted octanol–water partition coefficient (Wildman–Crippen LogP) is 3.97. The summed E-state index contributed by atoms with van der Waals surface area (Å²) in [7, 11) is 0. The molecule has 0 aromatic heterocycles. The van der Waals surface area contributed by atoms with Gasteiger partial charge in [0, 0.05) is 24.8 Å². The molecule has 3 heteroatoms. The molecule has 3 rings (SSSR count). The van der Waals surface area contributed by atoms with Crippen LogP contribution in [-0.4, -0.2) is 24.3 Å². The molecule has 1 aromatic rings. The molecule has 114 valence electrons. The average Bonchev–Trinajstić information content (AvgIpc) is 2.92. The molecule has 2 unspecified atom stereocenters. The van der Waals surface area contributed by atoms with Crippen LogP contribution in [0, 0.1) is 5.92 Å². The van der Waals surface area contributed by atoms with Crippen molar-refractivity contribution in [2.75, 3.05) is 6.61 Å². The number of hydrogen-bond acceptors (Lipinski definition) is 3. The van der Waals surface area contributed by atoms with Crippen LogP contribution in [0.4, 0.5) is 0 Å². The smallest absolute Gasteiger partial charge is 0.168 e. The van der Waals surface area contributed by atoms with Crippen LogP contribution in [0.25, 0.3) is 0 Å². The van der Waals surface area contributed by atoms with Crippen LogP contribution in [0.2, 0.25) is 0 Å². The van der Waals surface area contributed by atoms with Gasteiger partial charge in [0.15, 0.2) is 11.6 Å². The summed E-state index contributed by atoms with van der Waals surface area (Å²) in [5, 5.41) is 0. The quantitative estimate of drug-likeness (QED) is 0.786. The minimum atomic E-state index is -0.340. The van der Waals surface area contributed by atoms with E-state index in [1.807, 2.05) is 30.3 Å². The number of Topliss-reactive ketones (excluding diaryl/α,β-unsaturated/α-hetero) is 1. The molecule has 1 saturated heterocycles. The van der Waals surface area contributed by atoms with Crippen LogP contribution >= 0.6 is 0 Å². The molecule has 0 amide bonds. The average molecular weight is 288 g/mol. The fourth-order valence-corrected chi connectivity index (χ4v) is 3.38. The summed E-state index contributed by atoms with van der Waals surface area (Å²) < 4.78 is 12.2. The maximum absolute atomic E-state index is 12.3. The van der Waals surface area contributed by atoms with Gasteiger partial charge in [0.1, 0.15) is 0 Å². The highest BCUT2D eigenvalue weighted by atomic mass is 16.7. The minimum absolute atomic E-state index is 0.0516. The van der Waals surface area contributed by atoms with Crippen molar-refractivity contribution >= 4 is 5.78 Å². The molecule has 2 fully saturated rings. The maximum Gasteiger partial charge on any atom is 0.168 e. The highest BCUT2D eigenvalue weighted by molar-refractivity contribution is 5.96. The summed E-state index contributed by atoms with van der Waals surface area (Å²) in [5.41, 5.74) is 0.788. The lowest BCUT2D eigenvalue weighted by atomic mass is 9.93. The zero-order chi connectivity index (χ0) is 14.7. The van der Waals surface area contributed by atoms with E-state index in [9.17, 15) is 4.79 Å². The number of carbonyl (C=O) groups excluding carboxylic acids is 1. The first kappa shape index (κ1) is 14.7. The number of ketones is 1. The Kier molecular flexibility index (Phi) is 4.41. The molecule has 0 radical (unpaired) electrons. The third-order valence-corrected chi connectivity index (χ3v) is 4.73. The fourth-order valence-electron chi connectivity index (χ4n) is 3.38. The van der Waals surface area contributed by atoms with Crippen molar-refractivity contribution in [3.63, 3.8) is 0 Å². The van der Waals surface area contributed by atoms with Gasteiger partial charge >= 0.3 is 0 Å². The van der Waals surface area contributed by atoms with Crippen molar-refractivity contribution in [1.82, 2.24) is 0 Å². The third-order valence-electron chi connectivity index (χ3n) is 4.73. The third kappa shape index (κ3) is 3.35. The van der Waals surface area contributed by atoms with Crippen LogP contribution in [0.5, 0.6) is 0 Å². The van der Waals surface area contributed by atoms with Gasteiger partial charge in [-0.1, -0.05) is 43.7 Å². The van der Waals surface area contributed by atoms with E-state index in [1.165, 1.54) is 19.3 Å². The summed E-state index contributed by atoms with van der Waals surface area (Å²) in [6.45, 7) is 2.72. The van der Waals surface area contributed by atoms with E-state index in [2.05, 4.69) is 6.92 Å². The number of rotatable bonds is 4. The molecule has 2 aliphatic rings. The van der Waals surface area contributed by atoms with Crippen LogP contribution in [0.3, 0.4) is 0 Å². The van der Waals surface area contributed by atoms with Crippen molar-refractivity contribution in [2.24, 2.45) is 5.92 Å². The van der Waals surface area contributed by atoms with Crippen molar-refractivity contribution < 1.29 is 14.3 Å². The lowest BCUT2D eigenvalue weighted by Crippen LogP contribution is -2.34. The fraction of sp³-hybridized carbons (Fsp3) is 0.611. The number of benzene rings is 1. The van der Waals surface area contributed by atoms with Crippen molar-refractivity contribution in [1.29, 1.82) is 0 Å². The second-order valence-electron chi connectivity index (χ2n) is 6.41. The topological polar surface area (TPSA) is 35.5 Å². The van der Waals surface area contributed by atoms with Crippen molar-refractivity contribution in [3.05, 3.63) is 35.9 Å². The Balaban J connectivity index is 1.56. The monoisotopic (exact) mass is 288 g/mol. The molecule has 1 spiro atoms. The van der Waals surface area contributed by atoms with E-state index in [-0.39, 0.29) is 23.6 Å².